The number of hydrogen-bond acceptors (Lipinski definition) is 13. The summed E-state index contributed by atoms with van der Waals surface area (Å²) in [5.41, 5.74) is 5.51. The van der Waals surface area contributed by atoms with Crippen LogP contribution in [0.3, 0.4) is 0 Å². The Hall–Kier alpha value is -4.24. The highest BCUT2D eigenvalue weighted by atomic mass is 16.5. The van der Waals surface area contributed by atoms with E-state index in [-0.39, 0.29) is 90.1 Å². The number of unbranched alkanes of at least 4 members (excludes halogenated alkanes) is 16. The summed E-state index contributed by atoms with van der Waals surface area (Å²) in [6.45, 7) is 2.54. The lowest BCUT2D eigenvalue weighted by Crippen LogP contribution is -2.49. The van der Waals surface area contributed by atoms with Crippen molar-refractivity contribution in [1.82, 2.24) is 26.2 Å². The number of nitrogens with two attached hydrogens (primary N) is 1. The Labute approximate surface area is 404 Å². The first kappa shape index (κ1) is 61.8. The Morgan fingerprint density at radius 2 is 1.00 bits per heavy atom. The van der Waals surface area contributed by atoms with Gasteiger partial charge in [-0.15, -0.1) is 0 Å². The number of rotatable bonds is 46. The van der Waals surface area contributed by atoms with Crippen LogP contribution in [0.1, 0.15) is 154 Å². The van der Waals surface area contributed by atoms with Crippen LogP contribution in [0.25, 0.3) is 0 Å². The second kappa shape index (κ2) is 42.8. The minimum absolute atomic E-state index is 0.0876. The number of amides is 5. The largest absolute Gasteiger partial charge is 0.481 e. The molecular weight excluding hydrogens is 885 g/mol. The van der Waals surface area contributed by atoms with Gasteiger partial charge in [0.05, 0.1) is 52.1 Å². The SMILES string of the molecule is NC(C=O)CCCCNC(=O)COCCOCCNC(=O)COCCOCCNC(=O)CC(NC(=O)C1CCN(C(=O)CCCCCCCCCCCCCCCCCCC(=O)O)CC1)C(=O)O. The number of nitrogens with zero attached hydrogens (tertiary/aromatic N) is 1. The van der Waals surface area contributed by atoms with Crippen molar-refractivity contribution in [3.05, 3.63) is 0 Å². The maximum Gasteiger partial charge on any atom is 0.326 e. The summed E-state index contributed by atoms with van der Waals surface area (Å²) in [5, 5.41) is 28.8. The Morgan fingerprint density at radius 1 is 0.559 bits per heavy atom. The topological polar surface area (TPSA) is 291 Å². The number of ether oxygens (including phenoxy) is 4. The fraction of sp³-hybridized carbons (Fsp3) is 0.833. The second-order valence-corrected chi connectivity index (χ2v) is 17.5. The number of aldehydes is 1. The van der Waals surface area contributed by atoms with Gasteiger partial charge in [-0.1, -0.05) is 89.9 Å². The van der Waals surface area contributed by atoms with Gasteiger partial charge < -0.3 is 65.9 Å². The molecule has 0 aromatic carbocycles. The molecule has 1 aliphatic heterocycles. The van der Waals surface area contributed by atoms with Gasteiger partial charge in [0.25, 0.3) is 0 Å². The molecule has 68 heavy (non-hydrogen) atoms. The Bertz CT molecular complexity index is 1400. The van der Waals surface area contributed by atoms with Crippen molar-refractivity contribution in [3.63, 3.8) is 0 Å². The molecule has 2 unspecified atom stereocenters. The highest BCUT2D eigenvalue weighted by Crippen LogP contribution is 2.20. The van der Waals surface area contributed by atoms with Crippen LogP contribution in [0, 0.1) is 5.92 Å². The molecule has 1 fully saturated rings. The van der Waals surface area contributed by atoms with Crippen molar-refractivity contribution in [2.24, 2.45) is 11.7 Å². The lowest BCUT2D eigenvalue weighted by molar-refractivity contribution is -0.144. The molecule has 2 atom stereocenters. The van der Waals surface area contributed by atoms with Crippen molar-refractivity contribution in [1.29, 1.82) is 0 Å². The average Bonchev–Trinajstić information content (AvgIpc) is 3.32. The number of nitrogens with one attached hydrogen (secondary N) is 4. The minimum atomic E-state index is -1.40. The van der Waals surface area contributed by atoms with Gasteiger partial charge in [-0.2, -0.15) is 0 Å². The van der Waals surface area contributed by atoms with E-state index in [1.807, 2.05) is 0 Å². The van der Waals surface area contributed by atoms with E-state index in [9.17, 15) is 43.5 Å². The summed E-state index contributed by atoms with van der Waals surface area (Å²) in [6.07, 6.45) is 22.3. The van der Waals surface area contributed by atoms with Crippen molar-refractivity contribution in [2.75, 3.05) is 85.6 Å². The quantitative estimate of drug-likeness (QED) is 0.0340. The van der Waals surface area contributed by atoms with Crippen molar-refractivity contribution < 1.29 is 67.5 Å². The highest BCUT2D eigenvalue weighted by molar-refractivity contribution is 5.89. The van der Waals surface area contributed by atoms with E-state index in [1.165, 1.54) is 64.2 Å². The highest BCUT2D eigenvalue weighted by Gasteiger charge is 2.31. The zero-order valence-corrected chi connectivity index (χ0v) is 40.8. The van der Waals surface area contributed by atoms with Crippen LogP contribution < -0.4 is 27.0 Å². The van der Waals surface area contributed by atoms with E-state index in [1.54, 1.807) is 4.90 Å². The molecule has 1 saturated heterocycles. The number of carbonyl (C=O) groups excluding carboxylic acids is 6. The van der Waals surface area contributed by atoms with Crippen LogP contribution in [0.2, 0.25) is 0 Å². The van der Waals surface area contributed by atoms with Gasteiger partial charge in [0.1, 0.15) is 25.5 Å². The van der Waals surface area contributed by atoms with Gasteiger partial charge in [-0.25, -0.2) is 4.79 Å². The Kier molecular flexibility index (Phi) is 38.9. The predicted octanol–water partition coefficient (Wildman–Crippen LogP) is 3.40. The third-order valence-corrected chi connectivity index (χ3v) is 11.6. The van der Waals surface area contributed by atoms with Crippen molar-refractivity contribution in [2.45, 2.75) is 166 Å². The molecular formula is C48H86N6O14. The van der Waals surface area contributed by atoms with Gasteiger partial charge in [0, 0.05) is 51.5 Å². The fourth-order valence-electron chi connectivity index (χ4n) is 7.52. The molecule has 392 valence electrons. The molecule has 0 aromatic heterocycles. The van der Waals surface area contributed by atoms with E-state index >= 15 is 0 Å². The van der Waals surface area contributed by atoms with Crippen LogP contribution in [0.15, 0.2) is 0 Å². The number of hydrogen-bond donors (Lipinski definition) is 7. The third-order valence-electron chi connectivity index (χ3n) is 11.6. The average molecular weight is 971 g/mol. The molecule has 1 rings (SSSR count). The van der Waals surface area contributed by atoms with Crippen LogP contribution in [0.5, 0.6) is 0 Å². The number of aliphatic carboxylic acids is 2. The van der Waals surface area contributed by atoms with Crippen LogP contribution in [-0.4, -0.2) is 161 Å². The molecule has 0 bridgehead atoms. The van der Waals surface area contributed by atoms with Crippen molar-refractivity contribution in [3.8, 4) is 0 Å². The van der Waals surface area contributed by atoms with Crippen LogP contribution in [0.4, 0.5) is 0 Å². The van der Waals surface area contributed by atoms with E-state index in [0.29, 0.717) is 51.6 Å². The van der Waals surface area contributed by atoms with Gasteiger partial charge in [-0.05, 0) is 44.9 Å². The zero-order chi connectivity index (χ0) is 49.9. The molecule has 0 aromatic rings. The number of carboxylic acid groups (broad SMARTS) is 2. The number of carbonyl (C=O) groups is 8. The molecule has 0 radical (unpaired) electrons. The van der Waals surface area contributed by atoms with Gasteiger partial charge in [-0.3, -0.25) is 28.8 Å². The number of piperidine rings is 1. The zero-order valence-electron chi connectivity index (χ0n) is 40.8. The summed E-state index contributed by atoms with van der Waals surface area (Å²) in [6, 6.07) is -1.86. The summed E-state index contributed by atoms with van der Waals surface area (Å²) < 4.78 is 21.3. The summed E-state index contributed by atoms with van der Waals surface area (Å²) >= 11 is 0. The first-order chi connectivity index (χ1) is 32.9. The second-order valence-electron chi connectivity index (χ2n) is 17.5. The minimum Gasteiger partial charge on any atom is -0.481 e. The van der Waals surface area contributed by atoms with Gasteiger partial charge >= 0.3 is 11.9 Å². The number of likely N-dealkylation sites (tertiary alicyclic amines) is 1. The number of carboxylic acids is 2. The fourth-order valence-corrected chi connectivity index (χ4v) is 7.52. The Balaban J connectivity index is 2.00. The lowest BCUT2D eigenvalue weighted by Gasteiger charge is -2.32. The molecule has 20 nitrogen and oxygen atoms in total. The maximum atomic E-state index is 12.9. The third kappa shape index (κ3) is 36.8. The van der Waals surface area contributed by atoms with Crippen molar-refractivity contribution >= 4 is 47.8 Å². The smallest absolute Gasteiger partial charge is 0.326 e. The van der Waals surface area contributed by atoms with Gasteiger partial charge in [0.2, 0.25) is 29.5 Å². The predicted molar refractivity (Wildman–Crippen MR) is 254 cm³/mol. The Morgan fingerprint density at radius 3 is 1.47 bits per heavy atom. The standard InChI is InChI=1S/C48H86N6O14/c49-40(36-55)19-17-18-24-50-43(57)37-67-33-32-66-30-26-52-44(58)38-68-34-31-65-29-25-51-42(56)35-41(48(63)64)53-47(62)39-22-27-54(28-23-39)45(59)20-15-13-11-9-7-5-3-1-2-4-6-8-10-12-14-16-21-46(60)61/h36,39-41H,1-35,37-38,49H2,(H,50,57)(H,51,56)(H,52,58)(H,53,62)(H,60,61)(H,63,64). The normalized spacial score (nSPS) is 13.6. The van der Waals surface area contributed by atoms with Crippen LogP contribution in [-0.2, 0) is 57.3 Å². The summed E-state index contributed by atoms with van der Waals surface area (Å²) in [7, 11) is 0. The van der Waals surface area contributed by atoms with E-state index < -0.39 is 48.2 Å². The van der Waals surface area contributed by atoms with E-state index in [4.69, 9.17) is 29.8 Å². The lowest BCUT2D eigenvalue weighted by atomic mass is 9.95. The van der Waals surface area contributed by atoms with Gasteiger partial charge in [0.15, 0.2) is 0 Å². The molecule has 1 aliphatic rings. The molecule has 8 N–H and O–H groups in total. The van der Waals surface area contributed by atoms with E-state index in [2.05, 4.69) is 21.3 Å². The molecule has 5 amide bonds. The molecule has 0 spiro atoms. The summed E-state index contributed by atoms with van der Waals surface area (Å²) in [4.78, 5) is 96.5. The first-order valence-electron chi connectivity index (χ1n) is 25.3. The molecule has 20 heteroatoms. The summed E-state index contributed by atoms with van der Waals surface area (Å²) in [5.74, 6) is -3.97. The molecule has 1 heterocycles. The monoisotopic (exact) mass is 971 g/mol. The maximum absolute atomic E-state index is 12.9. The molecule has 0 saturated carbocycles. The van der Waals surface area contributed by atoms with E-state index in [0.717, 1.165) is 51.4 Å². The molecule has 0 aliphatic carbocycles. The van der Waals surface area contributed by atoms with Crippen LogP contribution >= 0.6 is 0 Å². The first-order valence-corrected chi connectivity index (χ1v) is 25.3.